The Morgan fingerprint density at radius 3 is 3.28 bits per heavy atom. The first-order chi connectivity index (χ1) is 8.70. The van der Waals surface area contributed by atoms with E-state index < -0.39 is 0 Å². The van der Waals surface area contributed by atoms with Crippen LogP contribution < -0.4 is 5.32 Å². The van der Waals surface area contributed by atoms with Crippen LogP contribution in [0.1, 0.15) is 30.3 Å². The standard InChI is InChI=1S/C12H19N3O2S/c1-3-17-12(16)10-11(18-8-13-10)14-9-5-4-6-15(2)7-9/h8-9,14H,3-7H2,1-2H3. The van der Waals surface area contributed by atoms with Crippen LogP contribution in [0, 0.1) is 0 Å². The van der Waals surface area contributed by atoms with E-state index in [1.807, 2.05) is 0 Å². The number of nitrogens with zero attached hydrogens (tertiary/aromatic N) is 2. The largest absolute Gasteiger partial charge is 0.461 e. The number of carbonyl (C=O) groups is 1. The predicted molar refractivity (Wildman–Crippen MR) is 72.2 cm³/mol. The second-order valence-electron chi connectivity index (χ2n) is 4.50. The second-order valence-corrected chi connectivity index (χ2v) is 5.35. The van der Waals surface area contributed by atoms with Crippen LogP contribution in [0.3, 0.4) is 0 Å². The molecule has 0 amide bonds. The Morgan fingerprint density at radius 2 is 2.56 bits per heavy atom. The van der Waals surface area contributed by atoms with Crippen LogP contribution in [-0.4, -0.2) is 48.6 Å². The Hall–Kier alpha value is -1.14. The summed E-state index contributed by atoms with van der Waals surface area (Å²) in [4.78, 5) is 18.1. The fourth-order valence-electron chi connectivity index (χ4n) is 2.16. The number of nitrogens with one attached hydrogen (secondary N) is 1. The second kappa shape index (κ2) is 6.15. The molecule has 6 heteroatoms. The average Bonchev–Trinajstić information content (AvgIpc) is 2.77. The lowest BCUT2D eigenvalue weighted by atomic mass is 10.1. The lowest BCUT2D eigenvalue weighted by molar-refractivity contribution is 0.0521. The molecule has 0 radical (unpaired) electrons. The molecule has 1 aromatic rings. The predicted octanol–water partition coefficient (Wildman–Crippen LogP) is 1.83. The highest BCUT2D eigenvalue weighted by Gasteiger charge is 2.21. The van der Waals surface area contributed by atoms with Gasteiger partial charge in [0.05, 0.1) is 12.1 Å². The number of likely N-dealkylation sites (N-methyl/N-ethyl adjacent to an activating group) is 1. The van der Waals surface area contributed by atoms with Crippen LogP contribution in [0.5, 0.6) is 0 Å². The molecule has 0 aromatic carbocycles. The molecule has 1 aliphatic rings. The van der Waals surface area contributed by atoms with Crippen molar-refractivity contribution in [1.29, 1.82) is 0 Å². The molecule has 0 aliphatic carbocycles. The van der Waals surface area contributed by atoms with Crippen molar-refractivity contribution in [2.45, 2.75) is 25.8 Å². The lowest BCUT2D eigenvalue weighted by Crippen LogP contribution is -2.39. The summed E-state index contributed by atoms with van der Waals surface area (Å²) in [5.74, 6) is -0.342. The monoisotopic (exact) mass is 269 g/mol. The number of likely N-dealkylation sites (tertiary alicyclic amines) is 1. The highest BCUT2D eigenvalue weighted by Crippen LogP contribution is 2.24. The van der Waals surface area contributed by atoms with Gasteiger partial charge in [0.15, 0.2) is 5.69 Å². The zero-order valence-corrected chi connectivity index (χ0v) is 11.6. The molecule has 1 fully saturated rings. The number of carbonyl (C=O) groups excluding carboxylic acids is 1. The molecular formula is C12H19N3O2S. The van der Waals surface area contributed by atoms with Gasteiger partial charge in [-0.25, -0.2) is 9.78 Å². The van der Waals surface area contributed by atoms with Crippen molar-refractivity contribution in [3.63, 3.8) is 0 Å². The normalized spacial score (nSPS) is 20.7. The van der Waals surface area contributed by atoms with E-state index in [1.54, 1.807) is 12.4 Å². The van der Waals surface area contributed by atoms with Crippen molar-refractivity contribution >= 4 is 22.3 Å². The van der Waals surface area contributed by atoms with E-state index in [0.717, 1.165) is 24.5 Å². The molecule has 1 aliphatic heterocycles. The first kappa shape index (κ1) is 13.3. The van der Waals surface area contributed by atoms with Crippen LogP contribution in [-0.2, 0) is 4.74 Å². The number of hydrogen-bond acceptors (Lipinski definition) is 6. The maximum atomic E-state index is 11.7. The molecule has 18 heavy (non-hydrogen) atoms. The Bertz CT molecular complexity index is 408. The van der Waals surface area contributed by atoms with E-state index in [0.29, 0.717) is 18.3 Å². The van der Waals surface area contributed by atoms with Crippen LogP contribution in [0.2, 0.25) is 0 Å². The molecule has 1 unspecified atom stereocenters. The van der Waals surface area contributed by atoms with E-state index in [-0.39, 0.29) is 5.97 Å². The van der Waals surface area contributed by atoms with Crippen molar-refractivity contribution in [2.24, 2.45) is 0 Å². The number of esters is 1. The highest BCUT2D eigenvalue weighted by atomic mass is 32.1. The molecule has 1 atom stereocenters. The third kappa shape index (κ3) is 3.20. The van der Waals surface area contributed by atoms with Gasteiger partial charge in [-0.05, 0) is 33.4 Å². The zero-order valence-electron chi connectivity index (χ0n) is 10.8. The number of anilines is 1. The fourth-order valence-corrected chi connectivity index (χ4v) is 2.91. The average molecular weight is 269 g/mol. The van der Waals surface area contributed by atoms with Gasteiger partial charge in [-0.3, -0.25) is 0 Å². The molecule has 1 saturated heterocycles. The Kier molecular flexibility index (Phi) is 4.54. The molecule has 0 spiro atoms. The maximum absolute atomic E-state index is 11.7. The van der Waals surface area contributed by atoms with Gasteiger partial charge < -0.3 is 15.0 Å². The molecular weight excluding hydrogens is 250 g/mol. The summed E-state index contributed by atoms with van der Waals surface area (Å²) in [6.45, 7) is 4.32. The summed E-state index contributed by atoms with van der Waals surface area (Å²) < 4.78 is 4.99. The third-order valence-electron chi connectivity index (χ3n) is 3.00. The Labute approximate surface area is 111 Å². The molecule has 0 bridgehead atoms. The van der Waals surface area contributed by atoms with Gasteiger partial charge in [-0.1, -0.05) is 0 Å². The van der Waals surface area contributed by atoms with Crippen LogP contribution in [0.4, 0.5) is 5.00 Å². The Morgan fingerprint density at radius 1 is 1.72 bits per heavy atom. The highest BCUT2D eigenvalue weighted by molar-refractivity contribution is 7.14. The van der Waals surface area contributed by atoms with Gasteiger partial charge in [0, 0.05) is 12.6 Å². The number of piperidine rings is 1. The smallest absolute Gasteiger partial charge is 0.360 e. The van der Waals surface area contributed by atoms with Gasteiger partial charge in [0.1, 0.15) is 5.00 Å². The van der Waals surface area contributed by atoms with Gasteiger partial charge in [0.25, 0.3) is 0 Å². The van der Waals surface area contributed by atoms with Crippen LogP contribution in [0.15, 0.2) is 5.51 Å². The zero-order chi connectivity index (χ0) is 13.0. The number of aromatic nitrogens is 1. The third-order valence-corrected chi connectivity index (χ3v) is 3.75. The summed E-state index contributed by atoms with van der Waals surface area (Å²) in [6.07, 6.45) is 2.31. The minimum Gasteiger partial charge on any atom is -0.461 e. The molecule has 2 heterocycles. The summed E-state index contributed by atoms with van der Waals surface area (Å²) >= 11 is 1.46. The van der Waals surface area contributed by atoms with Crippen molar-refractivity contribution in [3.8, 4) is 0 Å². The summed E-state index contributed by atoms with van der Waals surface area (Å²) in [6, 6.07) is 0.386. The van der Waals surface area contributed by atoms with Crippen molar-refractivity contribution in [1.82, 2.24) is 9.88 Å². The van der Waals surface area contributed by atoms with Crippen LogP contribution >= 0.6 is 11.3 Å². The number of ether oxygens (including phenoxy) is 1. The molecule has 0 saturated carbocycles. The van der Waals surface area contributed by atoms with Crippen LogP contribution in [0.25, 0.3) is 0 Å². The number of rotatable bonds is 4. The van der Waals surface area contributed by atoms with E-state index in [2.05, 4.69) is 22.2 Å². The molecule has 1 aromatic heterocycles. The van der Waals surface area contributed by atoms with Crippen molar-refractivity contribution < 1.29 is 9.53 Å². The number of thiazole rings is 1. The summed E-state index contributed by atoms with van der Waals surface area (Å²) in [5, 5.41) is 4.24. The quantitative estimate of drug-likeness (QED) is 0.845. The van der Waals surface area contributed by atoms with E-state index in [9.17, 15) is 4.79 Å². The summed E-state index contributed by atoms with van der Waals surface area (Å²) in [7, 11) is 2.12. The number of hydrogen-bond donors (Lipinski definition) is 1. The van der Waals surface area contributed by atoms with E-state index in [1.165, 1.54) is 17.8 Å². The van der Waals surface area contributed by atoms with Gasteiger partial charge >= 0.3 is 5.97 Å². The lowest BCUT2D eigenvalue weighted by Gasteiger charge is -2.30. The minimum atomic E-state index is -0.342. The van der Waals surface area contributed by atoms with E-state index in [4.69, 9.17) is 4.74 Å². The molecule has 1 N–H and O–H groups in total. The Balaban J connectivity index is 2.00. The van der Waals surface area contributed by atoms with Crippen molar-refractivity contribution in [2.75, 3.05) is 32.1 Å². The first-order valence-electron chi connectivity index (χ1n) is 6.26. The molecule has 5 nitrogen and oxygen atoms in total. The van der Waals surface area contributed by atoms with Gasteiger partial charge in [0.2, 0.25) is 0 Å². The van der Waals surface area contributed by atoms with Crippen molar-refractivity contribution in [3.05, 3.63) is 11.2 Å². The fraction of sp³-hybridized carbons (Fsp3) is 0.667. The molecule has 2 rings (SSSR count). The summed E-state index contributed by atoms with van der Waals surface area (Å²) in [5.41, 5.74) is 2.09. The molecule has 100 valence electrons. The van der Waals surface area contributed by atoms with Gasteiger partial charge in [-0.15, -0.1) is 11.3 Å². The maximum Gasteiger partial charge on any atom is 0.360 e. The minimum absolute atomic E-state index is 0.342. The van der Waals surface area contributed by atoms with E-state index >= 15 is 0 Å². The first-order valence-corrected chi connectivity index (χ1v) is 7.14. The topological polar surface area (TPSA) is 54.5 Å². The van der Waals surface area contributed by atoms with Gasteiger partial charge in [-0.2, -0.15) is 0 Å². The SMILES string of the molecule is CCOC(=O)c1ncsc1NC1CCCN(C)C1.